The Balaban J connectivity index is 1.84. The molecule has 3 nitrogen and oxygen atoms in total. The SMILES string of the molecule is Cc1[nH]c2ccccc2c1NCc1cccc(CN)c1. The maximum Gasteiger partial charge on any atom is 0.0630 e. The number of hydrogen-bond acceptors (Lipinski definition) is 2. The van der Waals surface area contributed by atoms with E-state index in [0.717, 1.165) is 6.54 Å². The molecule has 2 aromatic carbocycles. The fourth-order valence-corrected chi connectivity index (χ4v) is 2.56. The lowest BCUT2D eigenvalue weighted by Gasteiger charge is -2.08. The molecule has 1 aromatic heterocycles. The van der Waals surface area contributed by atoms with Crippen molar-refractivity contribution in [3.8, 4) is 0 Å². The van der Waals surface area contributed by atoms with Crippen molar-refractivity contribution in [2.45, 2.75) is 20.0 Å². The summed E-state index contributed by atoms with van der Waals surface area (Å²) >= 11 is 0. The van der Waals surface area contributed by atoms with Crippen molar-refractivity contribution < 1.29 is 0 Å². The number of rotatable bonds is 4. The molecule has 0 unspecified atom stereocenters. The fraction of sp³-hybridized carbons (Fsp3) is 0.176. The van der Waals surface area contributed by atoms with Gasteiger partial charge in [0, 0.05) is 29.7 Å². The molecule has 3 heteroatoms. The number of benzene rings is 2. The van der Waals surface area contributed by atoms with Gasteiger partial charge < -0.3 is 16.0 Å². The van der Waals surface area contributed by atoms with Gasteiger partial charge in [-0.2, -0.15) is 0 Å². The van der Waals surface area contributed by atoms with Crippen LogP contribution in [0.15, 0.2) is 48.5 Å². The Bertz CT molecular complexity index is 728. The molecule has 0 amide bonds. The van der Waals surface area contributed by atoms with E-state index in [1.54, 1.807) is 0 Å². The molecule has 102 valence electrons. The lowest BCUT2D eigenvalue weighted by molar-refractivity contribution is 1.05. The van der Waals surface area contributed by atoms with Gasteiger partial charge in [0.15, 0.2) is 0 Å². The van der Waals surface area contributed by atoms with Gasteiger partial charge >= 0.3 is 0 Å². The van der Waals surface area contributed by atoms with E-state index < -0.39 is 0 Å². The Morgan fingerprint density at radius 1 is 1.05 bits per heavy atom. The smallest absolute Gasteiger partial charge is 0.0630 e. The number of nitrogens with two attached hydrogens (primary N) is 1. The second-order valence-corrected chi connectivity index (χ2v) is 5.05. The first-order chi connectivity index (χ1) is 9.78. The number of hydrogen-bond donors (Lipinski definition) is 3. The monoisotopic (exact) mass is 265 g/mol. The lowest BCUT2D eigenvalue weighted by atomic mass is 10.1. The first-order valence-electron chi connectivity index (χ1n) is 6.87. The molecule has 0 fully saturated rings. The van der Waals surface area contributed by atoms with Crippen LogP contribution >= 0.6 is 0 Å². The number of aromatic amines is 1. The number of anilines is 1. The number of nitrogens with one attached hydrogen (secondary N) is 2. The van der Waals surface area contributed by atoms with E-state index in [9.17, 15) is 0 Å². The summed E-state index contributed by atoms with van der Waals surface area (Å²) in [5.74, 6) is 0. The molecule has 3 aromatic rings. The Labute approximate surface area is 118 Å². The molecule has 0 aliphatic rings. The quantitative estimate of drug-likeness (QED) is 0.675. The van der Waals surface area contributed by atoms with Gasteiger partial charge in [0.1, 0.15) is 0 Å². The average molecular weight is 265 g/mol. The van der Waals surface area contributed by atoms with Crippen molar-refractivity contribution in [1.29, 1.82) is 0 Å². The van der Waals surface area contributed by atoms with Crippen molar-refractivity contribution in [3.63, 3.8) is 0 Å². The highest BCUT2D eigenvalue weighted by Crippen LogP contribution is 2.27. The standard InChI is InChI=1S/C17H19N3/c1-12-17(15-7-2-3-8-16(15)20-12)19-11-14-6-4-5-13(9-14)10-18/h2-9,19-20H,10-11,18H2,1H3. The van der Waals surface area contributed by atoms with Crippen LogP contribution < -0.4 is 11.1 Å². The predicted octanol–water partition coefficient (Wildman–Crippen LogP) is 3.55. The summed E-state index contributed by atoms with van der Waals surface area (Å²) in [6.07, 6.45) is 0. The third-order valence-electron chi connectivity index (χ3n) is 3.59. The van der Waals surface area contributed by atoms with Gasteiger partial charge in [-0.3, -0.25) is 0 Å². The van der Waals surface area contributed by atoms with Crippen LogP contribution in [0.25, 0.3) is 10.9 Å². The molecule has 0 spiro atoms. The zero-order valence-corrected chi connectivity index (χ0v) is 11.6. The van der Waals surface area contributed by atoms with E-state index >= 15 is 0 Å². The van der Waals surface area contributed by atoms with E-state index in [2.05, 4.69) is 59.7 Å². The van der Waals surface area contributed by atoms with Gasteiger partial charge in [-0.15, -0.1) is 0 Å². The molecule has 0 saturated heterocycles. The highest BCUT2D eigenvalue weighted by atomic mass is 14.9. The summed E-state index contributed by atoms with van der Waals surface area (Å²) in [6, 6.07) is 16.7. The number of aryl methyl sites for hydroxylation is 1. The van der Waals surface area contributed by atoms with E-state index in [4.69, 9.17) is 5.73 Å². The zero-order chi connectivity index (χ0) is 13.9. The summed E-state index contributed by atoms with van der Waals surface area (Å²) < 4.78 is 0. The molecule has 4 N–H and O–H groups in total. The average Bonchev–Trinajstić information content (AvgIpc) is 2.81. The first-order valence-corrected chi connectivity index (χ1v) is 6.87. The highest BCUT2D eigenvalue weighted by molar-refractivity contribution is 5.94. The van der Waals surface area contributed by atoms with Crippen molar-refractivity contribution in [1.82, 2.24) is 4.98 Å². The molecular formula is C17H19N3. The first kappa shape index (κ1) is 12.8. The normalized spacial score (nSPS) is 10.9. The molecule has 0 aliphatic heterocycles. The molecular weight excluding hydrogens is 246 g/mol. The summed E-state index contributed by atoms with van der Waals surface area (Å²) in [7, 11) is 0. The summed E-state index contributed by atoms with van der Waals surface area (Å²) in [5, 5.41) is 4.77. The van der Waals surface area contributed by atoms with E-state index in [1.807, 2.05) is 6.07 Å². The van der Waals surface area contributed by atoms with E-state index in [1.165, 1.54) is 33.4 Å². The zero-order valence-electron chi connectivity index (χ0n) is 11.6. The number of para-hydroxylation sites is 1. The van der Waals surface area contributed by atoms with Crippen LogP contribution in [0, 0.1) is 6.92 Å². The minimum atomic E-state index is 0.583. The van der Waals surface area contributed by atoms with Gasteiger partial charge in [0.2, 0.25) is 0 Å². The predicted molar refractivity (Wildman–Crippen MR) is 84.7 cm³/mol. The lowest BCUT2D eigenvalue weighted by Crippen LogP contribution is -2.02. The minimum Gasteiger partial charge on any atom is -0.379 e. The van der Waals surface area contributed by atoms with Crippen LogP contribution in [0.1, 0.15) is 16.8 Å². The molecule has 3 rings (SSSR count). The minimum absolute atomic E-state index is 0.583. The fourth-order valence-electron chi connectivity index (χ4n) is 2.56. The number of fused-ring (bicyclic) bond motifs is 1. The Morgan fingerprint density at radius 2 is 1.85 bits per heavy atom. The Kier molecular flexibility index (Phi) is 3.44. The number of aromatic nitrogens is 1. The molecule has 0 bridgehead atoms. The second kappa shape index (κ2) is 5.39. The molecule has 1 heterocycles. The molecule has 0 atom stereocenters. The Morgan fingerprint density at radius 3 is 2.70 bits per heavy atom. The molecule has 0 radical (unpaired) electrons. The van der Waals surface area contributed by atoms with Crippen LogP contribution in [-0.4, -0.2) is 4.98 Å². The van der Waals surface area contributed by atoms with Gasteiger partial charge in [-0.25, -0.2) is 0 Å². The van der Waals surface area contributed by atoms with Crippen molar-refractivity contribution in [3.05, 3.63) is 65.4 Å². The van der Waals surface area contributed by atoms with Gasteiger partial charge in [-0.05, 0) is 24.1 Å². The van der Waals surface area contributed by atoms with Gasteiger partial charge in [-0.1, -0.05) is 42.5 Å². The third kappa shape index (κ3) is 2.40. The third-order valence-corrected chi connectivity index (χ3v) is 3.59. The van der Waals surface area contributed by atoms with Crippen molar-refractivity contribution >= 4 is 16.6 Å². The molecule has 20 heavy (non-hydrogen) atoms. The van der Waals surface area contributed by atoms with Crippen LogP contribution in [0.2, 0.25) is 0 Å². The number of H-pyrrole nitrogens is 1. The van der Waals surface area contributed by atoms with Gasteiger partial charge in [0.05, 0.1) is 5.69 Å². The summed E-state index contributed by atoms with van der Waals surface area (Å²) in [4.78, 5) is 3.40. The van der Waals surface area contributed by atoms with E-state index in [-0.39, 0.29) is 0 Å². The van der Waals surface area contributed by atoms with Crippen LogP contribution in [0.5, 0.6) is 0 Å². The van der Waals surface area contributed by atoms with Crippen molar-refractivity contribution in [2.75, 3.05) is 5.32 Å². The van der Waals surface area contributed by atoms with Gasteiger partial charge in [0.25, 0.3) is 0 Å². The second-order valence-electron chi connectivity index (χ2n) is 5.05. The summed E-state index contributed by atoms with van der Waals surface area (Å²) in [5.41, 5.74) is 11.6. The topological polar surface area (TPSA) is 53.8 Å². The Hall–Kier alpha value is -2.26. The van der Waals surface area contributed by atoms with E-state index in [0.29, 0.717) is 6.54 Å². The maximum absolute atomic E-state index is 5.68. The van der Waals surface area contributed by atoms with Crippen LogP contribution in [0.4, 0.5) is 5.69 Å². The molecule has 0 aliphatic carbocycles. The van der Waals surface area contributed by atoms with Crippen LogP contribution in [0.3, 0.4) is 0 Å². The largest absolute Gasteiger partial charge is 0.379 e. The summed E-state index contributed by atoms with van der Waals surface area (Å²) in [6.45, 7) is 3.48. The maximum atomic E-state index is 5.68. The highest BCUT2D eigenvalue weighted by Gasteiger charge is 2.07. The van der Waals surface area contributed by atoms with Crippen LogP contribution in [-0.2, 0) is 13.1 Å². The van der Waals surface area contributed by atoms with Crippen molar-refractivity contribution in [2.24, 2.45) is 5.73 Å². The molecule has 0 saturated carbocycles.